The van der Waals surface area contributed by atoms with Gasteiger partial charge in [-0.1, -0.05) is 55.4 Å². The molecule has 0 atom stereocenters. The average Bonchev–Trinajstić information content (AvgIpc) is 2.28. The van der Waals surface area contributed by atoms with Gasteiger partial charge in [0.05, 0.1) is 6.61 Å². The number of hydrogen-bond acceptors (Lipinski definition) is 3. The molecule has 0 aliphatic heterocycles. The summed E-state index contributed by atoms with van der Waals surface area (Å²) in [6.45, 7) is 2.78. The van der Waals surface area contributed by atoms with E-state index in [-0.39, 0.29) is 0 Å². The number of ether oxygens (including phenoxy) is 1. The molecule has 0 saturated heterocycles. The Labute approximate surface area is 95.5 Å². The summed E-state index contributed by atoms with van der Waals surface area (Å²) in [6, 6.07) is 10.1. The Morgan fingerprint density at radius 1 is 1.33 bits per heavy atom. The van der Waals surface area contributed by atoms with Gasteiger partial charge in [0, 0.05) is 5.75 Å². The maximum absolute atomic E-state index is 7.56. The van der Waals surface area contributed by atoms with E-state index < -0.39 is 0 Å². The molecule has 1 N–H and O–H groups in total. The molecule has 1 aromatic rings. The molecule has 2 nitrogen and oxygen atoms in total. The summed E-state index contributed by atoms with van der Waals surface area (Å²) in [7, 11) is 0. The summed E-state index contributed by atoms with van der Waals surface area (Å²) in [4.78, 5) is 0. The molecule has 0 radical (unpaired) electrons. The van der Waals surface area contributed by atoms with Crippen LogP contribution >= 0.6 is 11.8 Å². The maximum atomic E-state index is 7.56. The number of benzene rings is 1. The van der Waals surface area contributed by atoms with Crippen LogP contribution in [0.2, 0.25) is 0 Å². The van der Waals surface area contributed by atoms with Crippen molar-refractivity contribution in [2.45, 2.75) is 25.5 Å². The molecule has 0 spiro atoms. The second-order valence-corrected chi connectivity index (χ2v) is 4.21. The highest BCUT2D eigenvalue weighted by atomic mass is 32.2. The Morgan fingerprint density at radius 2 is 2.07 bits per heavy atom. The van der Waals surface area contributed by atoms with Crippen molar-refractivity contribution in [2.75, 3.05) is 6.61 Å². The number of hydrogen-bond donors (Lipinski definition) is 1. The molecule has 0 aromatic heterocycles. The fourth-order valence-corrected chi connectivity index (χ4v) is 1.73. The van der Waals surface area contributed by atoms with E-state index in [2.05, 4.69) is 19.1 Å². The van der Waals surface area contributed by atoms with Crippen LogP contribution in [0.4, 0.5) is 0 Å². The predicted molar refractivity (Wildman–Crippen MR) is 66.3 cm³/mol. The van der Waals surface area contributed by atoms with Gasteiger partial charge in [-0.25, -0.2) is 0 Å². The number of thioether (sulfide) groups is 1. The molecule has 0 saturated carbocycles. The van der Waals surface area contributed by atoms with Crippen molar-refractivity contribution in [3.05, 3.63) is 35.9 Å². The predicted octanol–water partition coefficient (Wildman–Crippen LogP) is 3.67. The molecule has 15 heavy (non-hydrogen) atoms. The largest absolute Gasteiger partial charge is 0.473 e. The Balaban J connectivity index is 2.17. The van der Waals surface area contributed by atoms with Crippen molar-refractivity contribution in [1.82, 2.24) is 0 Å². The van der Waals surface area contributed by atoms with Crippen LogP contribution in [0, 0.1) is 5.41 Å². The Hall–Kier alpha value is -0.960. The highest BCUT2D eigenvalue weighted by molar-refractivity contribution is 8.12. The summed E-state index contributed by atoms with van der Waals surface area (Å²) < 4.78 is 5.25. The van der Waals surface area contributed by atoms with Crippen LogP contribution in [0.3, 0.4) is 0 Å². The summed E-state index contributed by atoms with van der Waals surface area (Å²) in [6.07, 6.45) is 2.13. The average molecular weight is 223 g/mol. The lowest BCUT2D eigenvalue weighted by atomic mass is 10.2. The third kappa shape index (κ3) is 5.47. The minimum absolute atomic E-state index is 0.326. The first-order chi connectivity index (χ1) is 7.33. The van der Waals surface area contributed by atoms with E-state index in [4.69, 9.17) is 10.1 Å². The zero-order valence-electron chi connectivity index (χ0n) is 9.03. The number of rotatable bonds is 5. The minimum Gasteiger partial charge on any atom is -0.473 e. The van der Waals surface area contributed by atoms with Crippen LogP contribution in [-0.4, -0.2) is 11.8 Å². The van der Waals surface area contributed by atoms with Crippen LogP contribution in [0.5, 0.6) is 0 Å². The van der Waals surface area contributed by atoms with E-state index >= 15 is 0 Å². The van der Waals surface area contributed by atoms with Crippen LogP contribution in [0.25, 0.3) is 0 Å². The molecular weight excluding hydrogens is 206 g/mol. The zero-order chi connectivity index (χ0) is 10.9. The first kappa shape index (κ1) is 12.1. The van der Waals surface area contributed by atoms with Crippen molar-refractivity contribution < 1.29 is 4.74 Å². The van der Waals surface area contributed by atoms with Crippen LogP contribution < -0.4 is 0 Å². The molecular formula is C12H17NOS. The molecule has 0 aliphatic carbocycles. The molecule has 0 bridgehead atoms. The second kappa shape index (κ2) is 7.35. The molecule has 0 heterocycles. The highest BCUT2D eigenvalue weighted by Crippen LogP contribution is 2.13. The van der Waals surface area contributed by atoms with E-state index in [0.717, 1.165) is 18.6 Å². The van der Waals surface area contributed by atoms with Gasteiger partial charge in [-0.3, -0.25) is 5.41 Å². The summed E-state index contributed by atoms with van der Waals surface area (Å²) >= 11 is 1.44. The normalized spacial score (nSPS) is 9.93. The first-order valence-electron chi connectivity index (χ1n) is 5.21. The highest BCUT2D eigenvalue weighted by Gasteiger charge is 1.99. The number of nitrogens with one attached hydrogen (secondary N) is 1. The molecule has 0 unspecified atom stereocenters. The van der Waals surface area contributed by atoms with Gasteiger partial charge in [-0.15, -0.1) is 0 Å². The van der Waals surface area contributed by atoms with E-state index in [1.807, 2.05) is 18.2 Å². The van der Waals surface area contributed by atoms with Gasteiger partial charge in [0.2, 0.25) is 5.23 Å². The summed E-state index contributed by atoms with van der Waals surface area (Å²) in [5, 5.41) is 7.88. The second-order valence-electron chi connectivity index (χ2n) is 3.26. The SMILES string of the molecule is CCCCOC(=N)SCc1ccccc1. The molecule has 1 aromatic carbocycles. The van der Waals surface area contributed by atoms with Gasteiger partial charge in [0.15, 0.2) is 0 Å². The van der Waals surface area contributed by atoms with E-state index in [1.165, 1.54) is 17.3 Å². The van der Waals surface area contributed by atoms with E-state index in [9.17, 15) is 0 Å². The van der Waals surface area contributed by atoms with Gasteiger partial charge in [0.25, 0.3) is 0 Å². The molecule has 0 aliphatic rings. The minimum atomic E-state index is 0.326. The third-order valence-corrected chi connectivity index (χ3v) is 2.80. The molecule has 1 rings (SSSR count). The Kier molecular flexibility index (Phi) is 5.93. The standard InChI is InChI=1S/C12H17NOS/c1-2-3-9-14-12(13)15-10-11-7-5-4-6-8-11/h4-8,13H,2-3,9-10H2,1H3. The van der Waals surface area contributed by atoms with Crippen molar-refractivity contribution in [3.63, 3.8) is 0 Å². The Morgan fingerprint density at radius 3 is 2.73 bits per heavy atom. The van der Waals surface area contributed by atoms with Crippen LogP contribution in [-0.2, 0) is 10.5 Å². The lowest BCUT2D eigenvalue weighted by Gasteiger charge is -2.05. The van der Waals surface area contributed by atoms with Gasteiger partial charge in [-0.05, 0) is 12.0 Å². The van der Waals surface area contributed by atoms with Gasteiger partial charge >= 0.3 is 0 Å². The first-order valence-corrected chi connectivity index (χ1v) is 6.19. The summed E-state index contributed by atoms with van der Waals surface area (Å²) in [5.74, 6) is 0.811. The van der Waals surface area contributed by atoms with Crippen molar-refractivity contribution >= 4 is 17.0 Å². The van der Waals surface area contributed by atoms with E-state index in [0.29, 0.717) is 11.8 Å². The fraction of sp³-hybridized carbons (Fsp3) is 0.417. The topological polar surface area (TPSA) is 33.1 Å². The molecule has 0 fully saturated rings. The Bertz CT molecular complexity index is 287. The zero-order valence-corrected chi connectivity index (χ0v) is 9.85. The van der Waals surface area contributed by atoms with Crippen molar-refractivity contribution in [2.24, 2.45) is 0 Å². The molecule has 0 amide bonds. The maximum Gasteiger partial charge on any atom is 0.243 e. The molecule has 3 heteroatoms. The van der Waals surface area contributed by atoms with Crippen molar-refractivity contribution in [1.29, 1.82) is 5.41 Å². The number of unbranched alkanes of at least 4 members (excludes halogenated alkanes) is 1. The van der Waals surface area contributed by atoms with Crippen molar-refractivity contribution in [3.8, 4) is 0 Å². The van der Waals surface area contributed by atoms with Crippen LogP contribution in [0.1, 0.15) is 25.3 Å². The van der Waals surface area contributed by atoms with Gasteiger partial charge in [0.1, 0.15) is 0 Å². The third-order valence-electron chi connectivity index (χ3n) is 1.94. The van der Waals surface area contributed by atoms with Crippen LogP contribution in [0.15, 0.2) is 30.3 Å². The fourth-order valence-electron chi connectivity index (χ4n) is 1.07. The van der Waals surface area contributed by atoms with Gasteiger partial charge < -0.3 is 4.74 Å². The van der Waals surface area contributed by atoms with E-state index in [1.54, 1.807) is 0 Å². The monoisotopic (exact) mass is 223 g/mol. The summed E-state index contributed by atoms with van der Waals surface area (Å²) in [5.41, 5.74) is 1.23. The molecule has 82 valence electrons. The van der Waals surface area contributed by atoms with Gasteiger partial charge in [-0.2, -0.15) is 0 Å². The lowest BCUT2D eigenvalue weighted by Crippen LogP contribution is -2.00. The quantitative estimate of drug-likeness (QED) is 0.469. The lowest BCUT2D eigenvalue weighted by molar-refractivity contribution is 0.303. The smallest absolute Gasteiger partial charge is 0.243 e.